The molecule has 10 nitrogen and oxygen atoms in total. The lowest BCUT2D eigenvalue weighted by molar-refractivity contribution is -0.161. The van der Waals surface area contributed by atoms with Gasteiger partial charge in [0.15, 0.2) is 6.10 Å². The van der Waals surface area contributed by atoms with E-state index in [9.17, 15) is 24.2 Å². The number of aliphatic hydroxyl groups excluding tert-OH is 2. The summed E-state index contributed by atoms with van der Waals surface area (Å²) in [6.07, 6.45) is 37.9. The van der Waals surface area contributed by atoms with Gasteiger partial charge < -0.3 is 24.6 Å². The van der Waals surface area contributed by atoms with Gasteiger partial charge in [-0.1, -0.05) is 127 Å². The molecular formula is C41H73O10P. The van der Waals surface area contributed by atoms with Gasteiger partial charge >= 0.3 is 19.8 Å². The molecule has 11 heteroatoms. The van der Waals surface area contributed by atoms with Crippen LogP contribution in [0.2, 0.25) is 0 Å². The number of hydrogen-bond donors (Lipinski definition) is 3. The number of carbonyl (C=O) groups excluding carboxylic acids is 2. The van der Waals surface area contributed by atoms with E-state index in [4.69, 9.17) is 19.1 Å². The third kappa shape index (κ3) is 36.3. The van der Waals surface area contributed by atoms with Crippen LogP contribution in [-0.2, 0) is 32.7 Å². The second-order valence-electron chi connectivity index (χ2n) is 13.3. The van der Waals surface area contributed by atoms with Gasteiger partial charge in [0.2, 0.25) is 0 Å². The predicted molar refractivity (Wildman–Crippen MR) is 210 cm³/mol. The standard InChI is InChI=1S/C41H73O10P/c1-3-5-7-9-11-13-15-17-19-21-23-25-27-29-31-33-41(45)51-39(37-50-52(46,47)49-35-38(43)34-42)36-48-40(44)32-30-28-26-24-22-20-18-16-14-12-10-8-6-4-2/h10-13,16-19,38-39,42-43H,3-9,14-15,20-37H2,1-2H3,(H,46,47)/b12-10-,13-11-,18-16-,19-17-/t38-,39+/m0/s1. The first-order chi connectivity index (χ1) is 25.2. The number of aliphatic hydroxyl groups is 2. The molecule has 0 aliphatic carbocycles. The fourth-order valence-electron chi connectivity index (χ4n) is 5.04. The van der Waals surface area contributed by atoms with Gasteiger partial charge in [0, 0.05) is 12.8 Å². The summed E-state index contributed by atoms with van der Waals surface area (Å²) >= 11 is 0. The summed E-state index contributed by atoms with van der Waals surface area (Å²) in [4.78, 5) is 34.9. The molecule has 0 bridgehead atoms. The number of unbranched alkanes of at least 4 members (excludes halogenated alkanes) is 15. The lowest BCUT2D eigenvalue weighted by Crippen LogP contribution is -2.29. The zero-order valence-corrected chi connectivity index (χ0v) is 33.4. The summed E-state index contributed by atoms with van der Waals surface area (Å²) in [5.41, 5.74) is 0. The number of carbonyl (C=O) groups is 2. The lowest BCUT2D eigenvalue weighted by atomic mass is 10.1. The first kappa shape index (κ1) is 49.9. The fourth-order valence-corrected chi connectivity index (χ4v) is 5.83. The fraction of sp³-hybridized carbons (Fsp3) is 0.756. The van der Waals surface area contributed by atoms with Gasteiger partial charge in [-0.25, -0.2) is 4.57 Å². The summed E-state index contributed by atoms with van der Waals surface area (Å²) in [6, 6.07) is 0. The smallest absolute Gasteiger partial charge is 0.462 e. The summed E-state index contributed by atoms with van der Waals surface area (Å²) in [5.74, 6) is -0.961. The van der Waals surface area contributed by atoms with E-state index in [1.165, 1.54) is 32.1 Å². The minimum absolute atomic E-state index is 0.163. The number of rotatable bonds is 37. The minimum Gasteiger partial charge on any atom is -0.462 e. The quantitative estimate of drug-likeness (QED) is 0.0242. The molecule has 302 valence electrons. The third-order valence-electron chi connectivity index (χ3n) is 8.21. The Kier molecular flexibility index (Phi) is 35.8. The molecule has 1 unspecified atom stereocenters. The van der Waals surface area contributed by atoms with Crippen molar-refractivity contribution in [1.29, 1.82) is 0 Å². The van der Waals surface area contributed by atoms with E-state index in [-0.39, 0.29) is 19.4 Å². The zero-order chi connectivity index (χ0) is 38.4. The molecule has 0 saturated heterocycles. The van der Waals surface area contributed by atoms with Crippen LogP contribution in [0.3, 0.4) is 0 Å². The molecule has 0 aromatic carbocycles. The highest BCUT2D eigenvalue weighted by atomic mass is 31.2. The molecule has 0 spiro atoms. The highest BCUT2D eigenvalue weighted by molar-refractivity contribution is 7.47. The number of allylic oxidation sites excluding steroid dienone is 8. The Hall–Kier alpha value is -2.07. The van der Waals surface area contributed by atoms with E-state index in [0.717, 1.165) is 89.9 Å². The van der Waals surface area contributed by atoms with E-state index < -0.39 is 51.8 Å². The maximum atomic E-state index is 12.6. The van der Waals surface area contributed by atoms with Crippen molar-refractivity contribution in [2.75, 3.05) is 26.4 Å². The summed E-state index contributed by atoms with van der Waals surface area (Å²) in [5, 5.41) is 18.3. The number of hydrogen-bond acceptors (Lipinski definition) is 9. The van der Waals surface area contributed by atoms with Crippen LogP contribution in [-0.4, -0.2) is 65.7 Å². The van der Waals surface area contributed by atoms with Gasteiger partial charge in [0.05, 0.1) is 19.8 Å². The van der Waals surface area contributed by atoms with E-state index in [1.54, 1.807) is 0 Å². The van der Waals surface area contributed by atoms with Gasteiger partial charge in [-0.05, 0) is 70.6 Å². The van der Waals surface area contributed by atoms with Crippen molar-refractivity contribution in [2.24, 2.45) is 0 Å². The van der Waals surface area contributed by atoms with E-state index in [1.807, 2.05) is 0 Å². The molecule has 3 atom stereocenters. The Bertz CT molecular complexity index is 1010. The molecule has 0 aliphatic heterocycles. The first-order valence-electron chi connectivity index (χ1n) is 20.1. The highest BCUT2D eigenvalue weighted by Crippen LogP contribution is 2.43. The Labute approximate surface area is 315 Å². The minimum atomic E-state index is -4.62. The lowest BCUT2D eigenvalue weighted by Gasteiger charge is -2.20. The van der Waals surface area contributed by atoms with Crippen LogP contribution in [0.1, 0.15) is 162 Å². The van der Waals surface area contributed by atoms with E-state index >= 15 is 0 Å². The molecule has 0 rings (SSSR count). The zero-order valence-electron chi connectivity index (χ0n) is 32.5. The van der Waals surface area contributed by atoms with Crippen molar-refractivity contribution in [2.45, 2.75) is 174 Å². The Morgan fingerprint density at radius 1 is 0.577 bits per heavy atom. The van der Waals surface area contributed by atoms with Crippen LogP contribution in [0.5, 0.6) is 0 Å². The van der Waals surface area contributed by atoms with Crippen LogP contribution in [0.25, 0.3) is 0 Å². The van der Waals surface area contributed by atoms with Crippen LogP contribution in [0, 0.1) is 0 Å². The average molecular weight is 757 g/mol. The van der Waals surface area contributed by atoms with Crippen molar-refractivity contribution in [3.8, 4) is 0 Å². The van der Waals surface area contributed by atoms with Crippen LogP contribution in [0.4, 0.5) is 0 Å². The van der Waals surface area contributed by atoms with Gasteiger partial charge in [-0.15, -0.1) is 0 Å². The second-order valence-corrected chi connectivity index (χ2v) is 14.8. The molecule has 0 heterocycles. The van der Waals surface area contributed by atoms with Crippen molar-refractivity contribution in [1.82, 2.24) is 0 Å². The molecule has 3 N–H and O–H groups in total. The molecule has 0 aliphatic rings. The molecular weight excluding hydrogens is 683 g/mol. The Morgan fingerprint density at radius 3 is 1.54 bits per heavy atom. The van der Waals surface area contributed by atoms with Crippen molar-refractivity contribution in [3.63, 3.8) is 0 Å². The van der Waals surface area contributed by atoms with Crippen molar-refractivity contribution < 1.29 is 47.8 Å². The number of esters is 2. The average Bonchev–Trinajstić information content (AvgIpc) is 3.13. The molecule has 0 aromatic heterocycles. The van der Waals surface area contributed by atoms with Gasteiger partial charge in [0.1, 0.15) is 12.7 Å². The Balaban J connectivity index is 4.40. The summed E-state index contributed by atoms with van der Waals surface area (Å²) in [7, 11) is -4.62. The van der Waals surface area contributed by atoms with Crippen molar-refractivity contribution >= 4 is 19.8 Å². The van der Waals surface area contributed by atoms with E-state index in [0.29, 0.717) is 12.8 Å². The number of phosphoric ester groups is 1. The summed E-state index contributed by atoms with van der Waals surface area (Å²) < 4.78 is 32.6. The number of ether oxygens (including phenoxy) is 2. The first-order valence-corrected chi connectivity index (χ1v) is 21.6. The third-order valence-corrected chi connectivity index (χ3v) is 9.16. The monoisotopic (exact) mass is 756 g/mol. The Morgan fingerprint density at radius 2 is 1.02 bits per heavy atom. The molecule has 0 amide bonds. The van der Waals surface area contributed by atoms with Crippen LogP contribution >= 0.6 is 7.82 Å². The molecule has 0 fully saturated rings. The predicted octanol–water partition coefficient (Wildman–Crippen LogP) is 10.2. The maximum absolute atomic E-state index is 12.6. The highest BCUT2D eigenvalue weighted by Gasteiger charge is 2.27. The second kappa shape index (κ2) is 37.3. The normalized spacial score (nSPS) is 14.5. The van der Waals surface area contributed by atoms with Gasteiger partial charge in [-0.2, -0.15) is 0 Å². The van der Waals surface area contributed by atoms with Crippen LogP contribution in [0.15, 0.2) is 48.6 Å². The molecule has 0 saturated carbocycles. The molecule has 0 aromatic rings. The summed E-state index contributed by atoms with van der Waals surface area (Å²) in [6.45, 7) is 2.26. The van der Waals surface area contributed by atoms with Crippen LogP contribution < -0.4 is 0 Å². The maximum Gasteiger partial charge on any atom is 0.472 e. The molecule has 52 heavy (non-hydrogen) atoms. The van der Waals surface area contributed by atoms with Gasteiger partial charge in [-0.3, -0.25) is 18.6 Å². The van der Waals surface area contributed by atoms with Crippen molar-refractivity contribution in [3.05, 3.63) is 48.6 Å². The molecule has 0 radical (unpaired) electrons. The topological polar surface area (TPSA) is 149 Å². The largest absolute Gasteiger partial charge is 0.472 e. The van der Waals surface area contributed by atoms with E-state index in [2.05, 4.69) is 67.0 Å². The SMILES string of the molecule is CCCC/C=C\C/C=C\CCCCCCCC(=O)OC[C@H](COP(=O)(O)OC[C@@H](O)CO)OC(=O)CCCCCCC/C=C\C/C=C\CCCCC. The number of phosphoric acid groups is 1. The van der Waals surface area contributed by atoms with Gasteiger partial charge in [0.25, 0.3) is 0 Å².